The first-order chi connectivity index (χ1) is 19.6. The molecule has 1 heterocycles. The number of carbonyl (C=O) groups excluding carboxylic acids is 4. The van der Waals surface area contributed by atoms with Crippen molar-refractivity contribution in [2.45, 2.75) is 131 Å². The van der Waals surface area contributed by atoms with E-state index in [0.717, 1.165) is 44.1 Å². The number of esters is 3. The van der Waals surface area contributed by atoms with E-state index in [0.29, 0.717) is 24.3 Å². The van der Waals surface area contributed by atoms with E-state index >= 15 is 0 Å². The van der Waals surface area contributed by atoms with Crippen molar-refractivity contribution in [1.82, 2.24) is 5.32 Å². The van der Waals surface area contributed by atoms with Gasteiger partial charge < -0.3 is 19.5 Å². The normalized spacial score (nSPS) is 40.6. The molecule has 1 aliphatic heterocycles. The van der Waals surface area contributed by atoms with Gasteiger partial charge in [0, 0.05) is 31.9 Å². The third kappa shape index (κ3) is 5.52. The number of fused-ring (bicyclic) bond motifs is 5. The van der Waals surface area contributed by atoms with Crippen LogP contribution in [0.25, 0.3) is 0 Å². The quantitative estimate of drug-likeness (QED) is 0.224. The van der Waals surface area contributed by atoms with Crippen molar-refractivity contribution >= 4 is 23.8 Å². The molecule has 42 heavy (non-hydrogen) atoms. The van der Waals surface area contributed by atoms with Gasteiger partial charge >= 0.3 is 17.9 Å². The second-order valence-electron chi connectivity index (χ2n) is 14.8. The van der Waals surface area contributed by atoms with Crippen LogP contribution in [-0.2, 0) is 33.4 Å². The minimum atomic E-state index is -0.571. The lowest BCUT2D eigenvalue weighted by atomic mass is 9.42. The van der Waals surface area contributed by atoms with Gasteiger partial charge in [0.25, 0.3) is 0 Å². The van der Waals surface area contributed by atoms with Crippen LogP contribution in [0.15, 0.2) is 11.1 Å². The standard InChI is InChI=1S/C34H53NO7/c1-19(2)11-10-12-23(30(39)40-9)29-25-17-28(38)35-31-32(6)15-14-26(41-21(4)36)20(3)24(32)13-16-33(31,7)34(25,8)18-27(29)42-22(5)37/h19-20,24-27,31H,10-18H2,1-9H3,(H,35,38)/b29-23-/t20-,24?,25-,26+,27-,31-,32-,33-,34-/m0/s1. The first kappa shape index (κ1) is 32.5. The summed E-state index contributed by atoms with van der Waals surface area (Å²) in [5, 5.41) is 3.51. The molecule has 1 saturated heterocycles. The highest BCUT2D eigenvalue weighted by molar-refractivity contribution is 5.90. The lowest BCUT2D eigenvalue weighted by Gasteiger charge is -2.64. The van der Waals surface area contributed by atoms with Crippen molar-refractivity contribution in [2.24, 2.45) is 39.9 Å². The molecule has 4 aliphatic rings. The maximum absolute atomic E-state index is 13.9. The Kier molecular flexibility index (Phi) is 9.26. The molecule has 0 radical (unpaired) electrons. The Bertz CT molecular complexity index is 1130. The van der Waals surface area contributed by atoms with E-state index in [4.69, 9.17) is 14.2 Å². The number of hydrogen-bond acceptors (Lipinski definition) is 7. The summed E-state index contributed by atoms with van der Waals surface area (Å²) in [7, 11) is 1.40. The van der Waals surface area contributed by atoms with Crippen molar-refractivity contribution in [3.63, 3.8) is 0 Å². The van der Waals surface area contributed by atoms with Gasteiger partial charge in [-0.3, -0.25) is 14.4 Å². The molecule has 0 aromatic heterocycles. The van der Waals surface area contributed by atoms with E-state index in [2.05, 4.69) is 46.9 Å². The summed E-state index contributed by atoms with van der Waals surface area (Å²) in [6, 6.07) is -0.105. The first-order valence-electron chi connectivity index (χ1n) is 16.0. The Balaban J connectivity index is 1.82. The fourth-order valence-corrected chi connectivity index (χ4v) is 9.82. The molecule has 4 rings (SSSR count). The van der Waals surface area contributed by atoms with Crippen LogP contribution in [0.2, 0.25) is 0 Å². The summed E-state index contributed by atoms with van der Waals surface area (Å²) in [4.78, 5) is 51.5. The fraction of sp³-hybridized carbons (Fsp3) is 0.824. The van der Waals surface area contributed by atoms with Crippen LogP contribution in [0.5, 0.6) is 0 Å². The largest absolute Gasteiger partial charge is 0.466 e. The van der Waals surface area contributed by atoms with Crippen LogP contribution < -0.4 is 5.32 Å². The second kappa shape index (κ2) is 12.0. The molecule has 0 aromatic rings. The summed E-state index contributed by atoms with van der Waals surface area (Å²) in [6.45, 7) is 16.3. The molecule has 8 nitrogen and oxygen atoms in total. The Labute approximate surface area is 252 Å². The van der Waals surface area contributed by atoms with E-state index in [1.807, 2.05) is 0 Å². The molecule has 1 unspecified atom stereocenters. The van der Waals surface area contributed by atoms with Crippen molar-refractivity contribution in [3.8, 4) is 0 Å². The Hall–Kier alpha value is -2.38. The summed E-state index contributed by atoms with van der Waals surface area (Å²) in [5.41, 5.74) is 0.446. The van der Waals surface area contributed by atoms with Gasteiger partial charge in [-0.2, -0.15) is 0 Å². The van der Waals surface area contributed by atoms with Gasteiger partial charge in [-0.15, -0.1) is 0 Å². The predicted molar refractivity (Wildman–Crippen MR) is 159 cm³/mol. The second-order valence-corrected chi connectivity index (χ2v) is 14.8. The van der Waals surface area contributed by atoms with Crippen LogP contribution in [0, 0.1) is 39.9 Å². The monoisotopic (exact) mass is 587 g/mol. The van der Waals surface area contributed by atoms with Crippen molar-refractivity contribution in [3.05, 3.63) is 11.1 Å². The number of hydrogen-bond donors (Lipinski definition) is 1. The molecule has 236 valence electrons. The van der Waals surface area contributed by atoms with Gasteiger partial charge in [0.1, 0.15) is 12.2 Å². The molecule has 0 bridgehead atoms. The first-order valence-corrected chi connectivity index (χ1v) is 16.0. The van der Waals surface area contributed by atoms with Crippen molar-refractivity contribution < 1.29 is 33.4 Å². The molecule has 0 spiro atoms. The lowest BCUT2D eigenvalue weighted by molar-refractivity contribution is -0.172. The minimum Gasteiger partial charge on any atom is -0.466 e. The minimum absolute atomic E-state index is 0.0241. The number of ether oxygens (including phenoxy) is 3. The molecular weight excluding hydrogens is 534 g/mol. The number of amides is 1. The molecule has 1 N–H and O–H groups in total. The third-order valence-corrected chi connectivity index (χ3v) is 12.0. The molecule has 3 aliphatic carbocycles. The van der Waals surface area contributed by atoms with Gasteiger partial charge in [0.2, 0.25) is 5.91 Å². The Morgan fingerprint density at radius 2 is 1.67 bits per heavy atom. The van der Waals surface area contributed by atoms with Gasteiger partial charge in [-0.05, 0) is 90.4 Å². The van der Waals surface area contributed by atoms with E-state index < -0.39 is 17.5 Å². The molecule has 1 amide bonds. The zero-order valence-electron chi connectivity index (χ0n) is 27.3. The van der Waals surface area contributed by atoms with Crippen molar-refractivity contribution in [1.29, 1.82) is 0 Å². The lowest BCUT2D eigenvalue weighted by Crippen LogP contribution is -2.66. The van der Waals surface area contributed by atoms with Crippen LogP contribution in [0.3, 0.4) is 0 Å². The zero-order chi connectivity index (χ0) is 31.2. The maximum Gasteiger partial charge on any atom is 0.333 e. The molecule has 4 fully saturated rings. The van der Waals surface area contributed by atoms with E-state index in [-0.39, 0.29) is 65.0 Å². The highest BCUT2D eigenvalue weighted by Crippen LogP contribution is 2.69. The number of nitrogens with one attached hydrogen (secondary N) is 1. The van der Waals surface area contributed by atoms with Gasteiger partial charge in [0.05, 0.1) is 7.11 Å². The molecule has 3 saturated carbocycles. The van der Waals surface area contributed by atoms with Crippen LogP contribution >= 0.6 is 0 Å². The smallest absolute Gasteiger partial charge is 0.333 e. The van der Waals surface area contributed by atoms with E-state index in [1.165, 1.54) is 21.0 Å². The SMILES string of the molecule is COC(=O)/C(CCCC(C)C)=C1\[C@@H](OC(C)=O)C[C@@]2(C)[C@H]1CC(=O)N[C@H]1[C@@]3(C)CC[C@@H](OC(C)=O)[C@@H](C)C3CC[C@@]12C. The topological polar surface area (TPSA) is 108 Å². The average Bonchev–Trinajstić information content (AvgIpc) is 3.11. The fourth-order valence-electron chi connectivity index (χ4n) is 9.82. The van der Waals surface area contributed by atoms with Gasteiger partial charge in [-0.1, -0.05) is 48.0 Å². The van der Waals surface area contributed by atoms with Gasteiger partial charge in [-0.25, -0.2) is 4.79 Å². The van der Waals surface area contributed by atoms with Crippen molar-refractivity contribution in [2.75, 3.05) is 7.11 Å². The maximum atomic E-state index is 13.9. The zero-order valence-corrected chi connectivity index (χ0v) is 27.3. The number of carbonyl (C=O) groups is 4. The Morgan fingerprint density at radius 3 is 2.26 bits per heavy atom. The molecular formula is C34H53NO7. The van der Waals surface area contributed by atoms with E-state index in [9.17, 15) is 19.2 Å². The van der Waals surface area contributed by atoms with Crippen LogP contribution in [0.4, 0.5) is 0 Å². The van der Waals surface area contributed by atoms with E-state index in [1.54, 1.807) is 0 Å². The Morgan fingerprint density at radius 1 is 1.00 bits per heavy atom. The number of methoxy groups -OCH3 is 1. The average molecular weight is 588 g/mol. The summed E-state index contributed by atoms with van der Waals surface area (Å²) in [6.07, 6.45) is 5.87. The molecule has 8 heteroatoms. The molecule has 9 atom stereocenters. The summed E-state index contributed by atoms with van der Waals surface area (Å²) < 4.78 is 17.0. The highest BCUT2D eigenvalue weighted by Gasteiger charge is 2.68. The predicted octanol–water partition coefficient (Wildman–Crippen LogP) is 5.91. The summed E-state index contributed by atoms with van der Waals surface area (Å²) >= 11 is 0. The summed E-state index contributed by atoms with van der Waals surface area (Å²) in [5.74, 6) is -0.338. The highest BCUT2D eigenvalue weighted by atomic mass is 16.5. The molecule has 0 aromatic carbocycles. The van der Waals surface area contributed by atoms with Gasteiger partial charge in [0.15, 0.2) is 0 Å². The van der Waals surface area contributed by atoms with Crippen LogP contribution in [-0.4, -0.2) is 49.2 Å². The third-order valence-electron chi connectivity index (χ3n) is 12.0. The van der Waals surface area contributed by atoms with Crippen LogP contribution in [0.1, 0.15) is 113 Å². The number of rotatable bonds is 7.